The summed E-state index contributed by atoms with van der Waals surface area (Å²) in [5.41, 5.74) is 1.69. The summed E-state index contributed by atoms with van der Waals surface area (Å²) in [7, 11) is 0. The van der Waals surface area contributed by atoms with E-state index in [1.54, 1.807) is 18.2 Å². The maximum atomic E-state index is 12.4. The summed E-state index contributed by atoms with van der Waals surface area (Å²) >= 11 is 0. The van der Waals surface area contributed by atoms with Crippen LogP contribution in [0.2, 0.25) is 0 Å². The number of carbonyl (C=O) groups is 2. The first-order valence-electron chi connectivity index (χ1n) is 7.64. The molecule has 2 aromatic carbocycles. The van der Waals surface area contributed by atoms with Crippen LogP contribution in [-0.2, 0) is 4.79 Å². The van der Waals surface area contributed by atoms with Gasteiger partial charge in [0.25, 0.3) is 5.91 Å². The van der Waals surface area contributed by atoms with Crippen molar-refractivity contribution in [3.05, 3.63) is 58.7 Å². The monoisotopic (exact) mass is 350 g/mol. The van der Waals surface area contributed by atoms with Crippen LogP contribution in [0.3, 0.4) is 0 Å². The first-order chi connectivity index (χ1) is 12.5. The zero-order valence-corrected chi connectivity index (χ0v) is 13.8. The molecule has 0 unspecified atom stereocenters. The molecular weight excluding hydrogens is 336 g/mol. The molecule has 2 aromatic rings. The van der Waals surface area contributed by atoms with E-state index in [1.807, 2.05) is 13.0 Å². The van der Waals surface area contributed by atoms with Crippen LogP contribution in [0, 0.1) is 18.3 Å². The maximum Gasteiger partial charge on any atom is 0.335 e. The summed E-state index contributed by atoms with van der Waals surface area (Å²) in [6.07, 6.45) is 1.45. The Hall–Kier alpha value is -3.79. The van der Waals surface area contributed by atoms with Gasteiger partial charge in [-0.3, -0.25) is 4.79 Å². The molecule has 3 rings (SSSR count). The molecule has 26 heavy (non-hydrogen) atoms. The summed E-state index contributed by atoms with van der Waals surface area (Å²) in [4.78, 5) is 23.4. The molecule has 0 atom stereocenters. The van der Waals surface area contributed by atoms with E-state index in [0.29, 0.717) is 22.7 Å². The molecule has 7 heteroatoms. The van der Waals surface area contributed by atoms with Gasteiger partial charge >= 0.3 is 5.97 Å². The minimum atomic E-state index is -1.10. The third kappa shape index (κ3) is 3.49. The molecule has 0 saturated carbocycles. The third-order valence-corrected chi connectivity index (χ3v) is 3.79. The van der Waals surface area contributed by atoms with E-state index in [0.717, 1.165) is 5.56 Å². The number of aryl methyl sites for hydroxylation is 1. The molecule has 1 heterocycles. The number of anilines is 1. The highest BCUT2D eigenvalue weighted by atomic mass is 16.7. The molecule has 1 amide bonds. The lowest BCUT2D eigenvalue weighted by molar-refractivity contribution is -0.112. The van der Waals surface area contributed by atoms with Gasteiger partial charge in [-0.05, 0) is 54.5 Å². The van der Waals surface area contributed by atoms with Gasteiger partial charge in [0.1, 0.15) is 11.6 Å². The van der Waals surface area contributed by atoms with Gasteiger partial charge in [-0.25, -0.2) is 4.79 Å². The van der Waals surface area contributed by atoms with E-state index >= 15 is 0 Å². The average Bonchev–Trinajstić information content (AvgIpc) is 3.06. The molecule has 0 spiro atoms. The predicted molar refractivity (Wildman–Crippen MR) is 92.9 cm³/mol. The summed E-state index contributed by atoms with van der Waals surface area (Å²) < 4.78 is 10.6. The van der Waals surface area contributed by atoms with Crippen LogP contribution in [0.25, 0.3) is 6.08 Å². The number of benzene rings is 2. The fraction of sp³-hybridized carbons (Fsp3) is 0.105. The number of fused-ring (bicyclic) bond motifs is 1. The molecule has 0 aromatic heterocycles. The summed E-state index contributed by atoms with van der Waals surface area (Å²) in [6.45, 7) is 1.96. The van der Waals surface area contributed by atoms with Crippen molar-refractivity contribution < 1.29 is 24.2 Å². The highest BCUT2D eigenvalue weighted by Gasteiger charge is 2.17. The number of hydrogen-bond acceptors (Lipinski definition) is 5. The third-order valence-electron chi connectivity index (χ3n) is 3.79. The van der Waals surface area contributed by atoms with Crippen LogP contribution in [0.1, 0.15) is 21.5 Å². The van der Waals surface area contributed by atoms with Gasteiger partial charge in [0.15, 0.2) is 11.5 Å². The predicted octanol–water partition coefficient (Wildman–Crippen LogP) is 2.97. The highest BCUT2D eigenvalue weighted by molar-refractivity contribution is 6.10. The molecule has 0 saturated heterocycles. The number of nitriles is 1. The second kappa shape index (κ2) is 6.99. The molecule has 2 N–H and O–H groups in total. The van der Waals surface area contributed by atoms with E-state index in [-0.39, 0.29) is 17.9 Å². The number of hydrogen-bond donors (Lipinski definition) is 2. The molecule has 7 nitrogen and oxygen atoms in total. The lowest BCUT2D eigenvalue weighted by atomic mass is 10.0. The van der Waals surface area contributed by atoms with E-state index in [9.17, 15) is 14.9 Å². The van der Waals surface area contributed by atoms with Gasteiger partial charge < -0.3 is 19.9 Å². The lowest BCUT2D eigenvalue weighted by Gasteiger charge is -2.07. The number of carboxylic acid groups (broad SMARTS) is 1. The van der Waals surface area contributed by atoms with Gasteiger partial charge in [-0.2, -0.15) is 5.26 Å². The SMILES string of the molecule is Cc1cc2c(cc1/C=C(/C#N)C(=O)Nc1cccc(C(=O)O)c1)OCO2. The topological polar surface area (TPSA) is 109 Å². The van der Waals surface area contributed by atoms with Crippen LogP contribution in [0.4, 0.5) is 5.69 Å². The number of carbonyl (C=O) groups excluding carboxylic acids is 1. The van der Waals surface area contributed by atoms with Gasteiger partial charge in [0.2, 0.25) is 6.79 Å². The standard InChI is InChI=1S/C19H14N2O5/c1-11-5-16-17(26-10-25-16)8-13(11)6-14(9-20)18(22)21-15-4-2-3-12(7-15)19(23)24/h2-8H,10H2,1H3,(H,21,22)(H,23,24)/b14-6-. The Labute approximate surface area is 149 Å². The van der Waals surface area contributed by atoms with Crippen molar-refractivity contribution in [2.45, 2.75) is 6.92 Å². The molecule has 0 aliphatic carbocycles. The fourth-order valence-electron chi connectivity index (χ4n) is 2.45. The van der Waals surface area contributed by atoms with E-state index in [4.69, 9.17) is 14.6 Å². The molecule has 130 valence electrons. The van der Waals surface area contributed by atoms with Crippen molar-refractivity contribution in [3.63, 3.8) is 0 Å². The van der Waals surface area contributed by atoms with Crippen LogP contribution in [-0.4, -0.2) is 23.8 Å². The summed E-state index contributed by atoms with van der Waals surface area (Å²) in [5, 5.41) is 20.9. The van der Waals surface area contributed by atoms with Crippen LogP contribution >= 0.6 is 0 Å². The van der Waals surface area contributed by atoms with E-state index < -0.39 is 11.9 Å². The first-order valence-corrected chi connectivity index (χ1v) is 7.64. The molecule has 1 aliphatic rings. The van der Waals surface area contributed by atoms with Gasteiger partial charge in [0, 0.05) is 5.69 Å². The van der Waals surface area contributed by atoms with Crippen LogP contribution in [0.15, 0.2) is 42.0 Å². The zero-order chi connectivity index (χ0) is 18.7. The smallest absolute Gasteiger partial charge is 0.335 e. The molecule has 0 radical (unpaired) electrons. The Balaban J connectivity index is 1.86. The average molecular weight is 350 g/mol. The minimum Gasteiger partial charge on any atom is -0.478 e. The number of nitrogens with one attached hydrogen (secondary N) is 1. The largest absolute Gasteiger partial charge is 0.478 e. The quantitative estimate of drug-likeness (QED) is 0.648. The van der Waals surface area contributed by atoms with Gasteiger partial charge in [-0.1, -0.05) is 6.07 Å². The normalized spacial score (nSPS) is 12.4. The zero-order valence-electron chi connectivity index (χ0n) is 13.8. The number of amides is 1. The Morgan fingerprint density at radius 3 is 2.65 bits per heavy atom. The Kier molecular flexibility index (Phi) is 4.58. The number of aromatic carboxylic acids is 1. The van der Waals surface area contributed by atoms with Crippen molar-refractivity contribution in [1.82, 2.24) is 0 Å². The second-order valence-electron chi connectivity index (χ2n) is 5.57. The second-order valence-corrected chi connectivity index (χ2v) is 5.57. The lowest BCUT2D eigenvalue weighted by Crippen LogP contribution is -2.14. The Morgan fingerprint density at radius 1 is 1.23 bits per heavy atom. The van der Waals surface area contributed by atoms with Crippen molar-refractivity contribution in [1.29, 1.82) is 5.26 Å². The van der Waals surface area contributed by atoms with Crippen molar-refractivity contribution in [3.8, 4) is 17.6 Å². The molecule has 0 bridgehead atoms. The maximum absolute atomic E-state index is 12.4. The minimum absolute atomic E-state index is 0.0388. The highest BCUT2D eigenvalue weighted by Crippen LogP contribution is 2.35. The van der Waals surface area contributed by atoms with Gasteiger partial charge in [0.05, 0.1) is 5.56 Å². The number of nitrogens with zero attached hydrogens (tertiary/aromatic N) is 1. The number of rotatable bonds is 4. The number of carboxylic acids is 1. The van der Waals surface area contributed by atoms with Crippen molar-refractivity contribution in [2.75, 3.05) is 12.1 Å². The van der Waals surface area contributed by atoms with E-state index in [1.165, 1.54) is 24.3 Å². The molecule has 1 aliphatic heterocycles. The Morgan fingerprint density at radius 2 is 1.96 bits per heavy atom. The van der Waals surface area contributed by atoms with E-state index in [2.05, 4.69) is 5.32 Å². The molecular formula is C19H14N2O5. The summed E-state index contributed by atoms with van der Waals surface area (Å²) in [5.74, 6) is -0.568. The number of ether oxygens (including phenoxy) is 2. The molecule has 0 fully saturated rings. The fourth-order valence-corrected chi connectivity index (χ4v) is 2.45. The summed E-state index contributed by atoms with van der Waals surface area (Å²) in [6, 6.07) is 11.1. The Bertz CT molecular complexity index is 972. The van der Waals surface area contributed by atoms with Crippen LogP contribution in [0.5, 0.6) is 11.5 Å². The van der Waals surface area contributed by atoms with Gasteiger partial charge in [-0.15, -0.1) is 0 Å². The van der Waals surface area contributed by atoms with Crippen LogP contribution < -0.4 is 14.8 Å². The van der Waals surface area contributed by atoms with Crippen molar-refractivity contribution >= 4 is 23.6 Å². The first kappa shape index (κ1) is 17.0. The van der Waals surface area contributed by atoms with Crippen molar-refractivity contribution in [2.24, 2.45) is 0 Å².